The standard InChI is InChI=1S/C18H28N2OS/c1-16(2)22-15-9-18(21)8-10-19-11-13-20(14-12-19)17-6-4-3-5-7-17/h3-7,16H,8-15H2,1-2H3. The molecule has 0 amide bonds. The van der Waals surface area contributed by atoms with Crippen LogP contribution in [0.1, 0.15) is 26.7 Å². The van der Waals surface area contributed by atoms with E-state index in [0.717, 1.165) is 44.9 Å². The second-order valence-electron chi connectivity index (χ2n) is 6.12. The molecule has 1 aromatic rings. The van der Waals surface area contributed by atoms with Gasteiger partial charge in [-0.3, -0.25) is 9.69 Å². The number of benzene rings is 1. The van der Waals surface area contributed by atoms with Crippen LogP contribution in [0.2, 0.25) is 0 Å². The third kappa shape index (κ3) is 6.01. The summed E-state index contributed by atoms with van der Waals surface area (Å²) in [6.45, 7) is 9.52. The molecule has 2 rings (SSSR count). The largest absolute Gasteiger partial charge is 0.369 e. The lowest BCUT2D eigenvalue weighted by molar-refractivity contribution is -0.119. The maximum atomic E-state index is 11.9. The summed E-state index contributed by atoms with van der Waals surface area (Å²) >= 11 is 1.88. The molecule has 1 aliphatic rings. The number of Topliss-reactive ketones (excluding diaryl/α,β-unsaturated/α-hetero) is 1. The van der Waals surface area contributed by atoms with E-state index in [2.05, 4.69) is 54.0 Å². The van der Waals surface area contributed by atoms with Crippen molar-refractivity contribution in [2.75, 3.05) is 43.4 Å². The van der Waals surface area contributed by atoms with Crippen LogP contribution in [0.5, 0.6) is 0 Å². The van der Waals surface area contributed by atoms with Gasteiger partial charge in [-0.1, -0.05) is 32.0 Å². The van der Waals surface area contributed by atoms with E-state index in [0.29, 0.717) is 17.5 Å². The Balaban J connectivity index is 1.62. The first-order valence-corrected chi connectivity index (χ1v) is 9.35. The molecule has 0 saturated carbocycles. The lowest BCUT2D eigenvalue weighted by Crippen LogP contribution is -2.46. The number of ketones is 1. The molecule has 1 fully saturated rings. The van der Waals surface area contributed by atoms with Crippen molar-refractivity contribution in [3.8, 4) is 0 Å². The number of hydrogen-bond donors (Lipinski definition) is 0. The van der Waals surface area contributed by atoms with E-state index in [1.807, 2.05) is 11.8 Å². The summed E-state index contributed by atoms with van der Waals surface area (Å²) in [7, 11) is 0. The quantitative estimate of drug-likeness (QED) is 0.733. The number of nitrogens with zero attached hydrogens (tertiary/aromatic N) is 2. The predicted molar refractivity (Wildman–Crippen MR) is 96.9 cm³/mol. The number of rotatable bonds is 8. The predicted octanol–water partition coefficient (Wildman–Crippen LogP) is 3.30. The number of hydrogen-bond acceptors (Lipinski definition) is 4. The Bertz CT molecular complexity index is 442. The maximum Gasteiger partial charge on any atom is 0.135 e. The van der Waals surface area contributed by atoms with Gasteiger partial charge in [-0.05, 0) is 17.4 Å². The lowest BCUT2D eigenvalue weighted by atomic mass is 10.2. The van der Waals surface area contributed by atoms with Crippen LogP contribution in [0, 0.1) is 0 Å². The van der Waals surface area contributed by atoms with E-state index in [4.69, 9.17) is 0 Å². The molecule has 4 heteroatoms. The van der Waals surface area contributed by atoms with Gasteiger partial charge in [-0.2, -0.15) is 11.8 Å². The molecule has 0 atom stereocenters. The fraction of sp³-hybridized carbons (Fsp3) is 0.611. The van der Waals surface area contributed by atoms with Crippen molar-refractivity contribution in [2.45, 2.75) is 31.9 Å². The molecule has 0 radical (unpaired) electrons. The molecule has 0 aliphatic carbocycles. The highest BCUT2D eigenvalue weighted by Crippen LogP contribution is 2.16. The van der Waals surface area contributed by atoms with Crippen molar-refractivity contribution in [1.82, 2.24) is 4.90 Å². The fourth-order valence-corrected chi connectivity index (χ4v) is 3.50. The van der Waals surface area contributed by atoms with Crippen LogP contribution in [0.3, 0.4) is 0 Å². The zero-order valence-corrected chi connectivity index (χ0v) is 14.6. The first-order valence-electron chi connectivity index (χ1n) is 8.31. The van der Waals surface area contributed by atoms with Crippen molar-refractivity contribution < 1.29 is 4.79 Å². The van der Waals surface area contributed by atoms with E-state index in [9.17, 15) is 4.79 Å². The molecule has 0 aromatic heterocycles. The Hall–Kier alpha value is -1.00. The number of thioether (sulfide) groups is 1. The molecule has 122 valence electrons. The highest BCUT2D eigenvalue weighted by molar-refractivity contribution is 7.99. The van der Waals surface area contributed by atoms with Gasteiger partial charge in [-0.15, -0.1) is 0 Å². The van der Waals surface area contributed by atoms with E-state index in [1.165, 1.54) is 5.69 Å². The first-order chi connectivity index (χ1) is 10.6. The number of carbonyl (C=O) groups excluding carboxylic acids is 1. The summed E-state index contributed by atoms with van der Waals surface area (Å²) in [6.07, 6.45) is 1.44. The molecular weight excluding hydrogens is 292 g/mol. The summed E-state index contributed by atoms with van der Waals surface area (Å²) in [5, 5.41) is 0.624. The van der Waals surface area contributed by atoms with Gasteiger partial charge < -0.3 is 4.90 Å². The fourth-order valence-electron chi connectivity index (χ4n) is 2.68. The van der Waals surface area contributed by atoms with Crippen molar-refractivity contribution in [2.24, 2.45) is 0 Å². The summed E-state index contributed by atoms with van der Waals surface area (Å²) in [5.74, 6) is 1.39. The average molecular weight is 321 g/mol. The van der Waals surface area contributed by atoms with Crippen molar-refractivity contribution in [1.29, 1.82) is 0 Å². The normalized spacial score (nSPS) is 16.2. The lowest BCUT2D eigenvalue weighted by Gasteiger charge is -2.36. The molecule has 1 aromatic carbocycles. The van der Waals surface area contributed by atoms with Gasteiger partial charge in [0, 0.05) is 57.0 Å². The van der Waals surface area contributed by atoms with Crippen molar-refractivity contribution in [3.05, 3.63) is 30.3 Å². The zero-order valence-electron chi connectivity index (χ0n) is 13.8. The SMILES string of the molecule is CC(C)SCCC(=O)CCN1CCN(c2ccccc2)CC1. The van der Waals surface area contributed by atoms with Crippen molar-refractivity contribution >= 4 is 23.2 Å². The number of para-hydroxylation sites is 1. The smallest absolute Gasteiger partial charge is 0.135 e. The van der Waals surface area contributed by atoms with Crippen LogP contribution in [-0.4, -0.2) is 54.4 Å². The Kier molecular flexibility index (Phi) is 7.26. The van der Waals surface area contributed by atoms with Gasteiger partial charge in [0.25, 0.3) is 0 Å². The Morgan fingerprint density at radius 3 is 2.41 bits per heavy atom. The molecule has 1 saturated heterocycles. The summed E-state index contributed by atoms with van der Waals surface area (Å²) in [6, 6.07) is 10.6. The highest BCUT2D eigenvalue weighted by Gasteiger charge is 2.17. The average Bonchev–Trinajstić information content (AvgIpc) is 2.54. The Morgan fingerprint density at radius 2 is 1.77 bits per heavy atom. The van der Waals surface area contributed by atoms with Crippen LogP contribution in [0.15, 0.2) is 30.3 Å². The van der Waals surface area contributed by atoms with E-state index >= 15 is 0 Å². The van der Waals surface area contributed by atoms with Gasteiger partial charge in [0.2, 0.25) is 0 Å². The zero-order chi connectivity index (χ0) is 15.8. The number of piperazine rings is 1. The molecule has 1 aliphatic heterocycles. The van der Waals surface area contributed by atoms with Crippen LogP contribution < -0.4 is 4.90 Å². The monoisotopic (exact) mass is 320 g/mol. The Morgan fingerprint density at radius 1 is 1.09 bits per heavy atom. The minimum atomic E-state index is 0.415. The van der Waals surface area contributed by atoms with Gasteiger partial charge in [0.15, 0.2) is 0 Å². The van der Waals surface area contributed by atoms with Crippen LogP contribution >= 0.6 is 11.8 Å². The molecule has 0 bridgehead atoms. The second kappa shape index (κ2) is 9.21. The minimum Gasteiger partial charge on any atom is -0.369 e. The topological polar surface area (TPSA) is 23.6 Å². The molecule has 0 spiro atoms. The van der Waals surface area contributed by atoms with E-state index in [1.54, 1.807) is 0 Å². The molecule has 0 unspecified atom stereocenters. The maximum absolute atomic E-state index is 11.9. The van der Waals surface area contributed by atoms with Gasteiger partial charge in [-0.25, -0.2) is 0 Å². The third-order valence-corrected chi connectivity index (χ3v) is 5.14. The molecule has 1 heterocycles. The van der Waals surface area contributed by atoms with E-state index in [-0.39, 0.29) is 0 Å². The van der Waals surface area contributed by atoms with Gasteiger partial charge in [0.1, 0.15) is 5.78 Å². The minimum absolute atomic E-state index is 0.415. The third-order valence-electron chi connectivity index (χ3n) is 4.03. The summed E-state index contributed by atoms with van der Waals surface area (Å²) < 4.78 is 0. The molecule has 0 N–H and O–H groups in total. The van der Waals surface area contributed by atoms with Crippen LogP contribution in [0.25, 0.3) is 0 Å². The van der Waals surface area contributed by atoms with Gasteiger partial charge >= 0.3 is 0 Å². The Labute approximate surface area is 139 Å². The molecule has 22 heavy (non-hydrogen) atoms. The summed E-state index contributed by atoms with van der Waals surface area (Å²) in [5.41, 5.74) is 1.31. The molecular formula is C18H28N2OS. The summed E-state index contributed by atoms with van der Waals surface area (Å²) in [4.78, 5) is 16.8. The van der Waals surface area contributed by atoms with E-state index < -0.39 is 0 Å². The number of anilines is 1. The van der Waals surface area contributed by atoms with Crippen LogP contribution in [0.4, 0.5) is 5.69 Å². The first kappa shape index (κ1) is 17.4. The van der Waals surface area contributed by atoms with Gasteiger partial charge in [0.05, 0.1) is 0 Å². The molecule has 3 nitrogen and oxygen atoms in total. The second-order valence-corrected chi connectivity index (χ2v) is 7.81. The number of carbonyl (C=O) groups is 1. The highest BCUT2D eigenvalue weighted by atomic mass is 32.2. The van der Waals surface area contributed by atoms with Crippen molar-refractivity contribution in [3.63, 3.8) is 0 Å². The van der Waals surface area contributed by atoms with Crippen LogP contribution in [-0.2, 0) is 4.79 Å².